The van der Waals surface area contributed by atoms with Crippen molar-refractivity contribution in [3.8, 4) is 0 Å². The predicted octanol–water partition coefficient (Wildman–Crippen LogP) is 1.26. The summed E-state index contributed by atoms with van der Waals surface area (Å²) < 4.78 is 0. The molecule has 0 bridgehead atoms. The molecule has 0 heterocycles. The topological polar surface area (TPSA) is 95.6 Å². The average molecular weight is 355 g/mol. The monoisotopic (exact) mass is 355 g/mol. The molecule has 0 saturated heterocycles. The number of unbranched alkanes of at least 4 members (excludes halogenated alkanes) is 1. The summed E-state index contributed by atoms with van der Waals surface area (Å²) in [6, 6.07) is 0. The number of carbonyl (C=O) groups is 4. The van der Waals surface area contributed by atoms with Crippen molar-refractivity contribution in [2.24, 2.45) is 5.92 Å². The lowest BCUT2D eigenvalue weighted by Crippen LogP contribution is -2.37. The lowest BCUT2D eigenvalue weighted by atomic mass is 10.0. The molecule has 3 amide bonds. The van der Waals surface area contributed by atoms with Crippen LogP contribution in [0.4, 0.5) is 0 Å². The lowest BCUT2D eigenvalue weighted by Gasteiger charge is -2.22. The Morgan fingerprint density at radius 2 is 1.28 bits per heavy atom. The van der Waals surface area contributed by atoms with E-state index < -0.39 is 0 Å². The first kappa shape index (κ1) is 23.1. The van der Waals surface area contributed by atoms with Crippen molar-refractivity contribution in [2.75, 3.05) is 27.2 Å². The molecule has 7 heteroatoms. The SMILES string of the molecule is CNC(=O)CCN(CCC(=O)NC)C(=O)CCCCC(=O)CC(C)C. The summed E-state index contributed by atoms with van der Waals surface area (Å²) in [5, 5.41) is 5.04. The molecule has 0 aliphatic rings. The Bertz CT molecular complexity index is 430. The van der Waals surface area contributed by atoms with E-state index in [9.17, 15) is 19.2 Å². The van der Waals surface area contributed by atoms with Gasteiger partial charge in [0.15, 0.2) is 0 Å². The second-order valence-corrected chi connectivity index (χ2v) is 6.57. The number of hydrogen-bond acceptors (Lipinski definition) is 4. The molecule has 0 unspecified atom stereocenters. The second kappa shape index (κ2) is 13.4. The molecule has 0 spiro atoms. The molecular formula is C18H33N3O4. The van der Waals surface area contributed by atoms with E-state index in [-0.39, 0.29) is 36.3 Å². The van der Waals surface area contributed by atoms with E-state index in [0.29, 0.717) is 51.1 Å². The first-order valence-corrected chi connectivity index (χ1v) is 9.00. The summed E-state index contributed by atoms with van der Waals surface area (Å²) in [6.45, 7) is 4.61. The van der Waals surface area contributed by atoms with Crippen LogP contribution >= 0.6 is 0 Å². The summed E-state index contributed by atoms with van der Waals surface area (Å²) in [5.41, 5.74) is 0. The summed E-state index contributed by atoms with van der Waals surface area (Å²) in [6.07, 6.45) is 3.16. The minimum Gasteiger partial charge on any atom is -0.359 e. The number of hydrogen-bond donors (Lipinski definition) is 2. The van der Waals surface area contributed by atoms with E-state index in [1.54, 1.807) is 19.0 Å². The Hall–Kier alpha value is -1.92. The third-order valence-electron chi connectivity index (χ3n) is 3.86. The van der Waals surface area contributed by atoms with Gasteiger partial charge in [-0.25, -0.2) is 0 Å². The Morgan fingerprint density at radius 3 is 1.72 bits per heavy atom. The number of ketones is 1. The molecule has 0 radical (unpaired) electrons. The van der Waals surface area contributed by atoms with Crippen molar-refractivity contribution in [3.63, 3.8) is 0 Å². The molecule has 0 aromatic carbocycles. The van der Waals surface area contributed by atoms with Crippen LogP contribution in [0, 0.1) is 5.92 Å². The van der Waals surface area contributed by atoms with Crippen molar-refractivity contribution in [2.45, 2.75) is 58.8 Å². The number of amides is 3. The molecule has 2 N–H and O–H groups in total. The Balaban J connectivity index is 4.32. The smallest absolute Gasteiger partial charge is 0.222 e. The number of rotatable bonds is 13. The molecule has 7 nitrogen and oxygen atoms in total. The third kappa shape index (κ3) is 12.1. The maximum atomic E-state index is 12.3. The third-order valence-corrected chi connectivity index (χ3v) is 3.86. The number of nitrogens with zero attached hydrogens (tertiary/aromatic N) is 1. The van der Waals surface area contributed by atoms with Crippen LogP contribution in [0.2, 0.25) is 0 Å². The maximum absolute atomic E-state index is 12.3. The fraction of sp³-hybridized carbons (Fsp3) is 0.778. The molecule has 0 aliphatic carbocycles. The fourth-order valence-corrected chi connectivity index (χ4v) is 2.40. The van der Waals surface area contributed by atoms with Gasteiger partial charge in [0.2, 0.25) is 17.7 Å². The van der Waals surface area contributed by atoms with Crippen LogP contribution in [0.25, 0.3) is 0 Å². The summed E-state index contributed by atoms with van der Waals surface area (Å²) in [4.78, 5) is 48.4. The van der Waals surface area contributed by atoms with Crippen molar-refractivity contribution in [3.05, 3.63) is 0 Å². The van der Waals surface area contributed by atoms with Gasteiger partial charge in [-0.1, -0.05) is 13.8 Å². The standard InChI is InChI=1S/C18H33N3O4/c1-14(2)13-15(22)7-5-6-8-18(25)21(11-9-16(23)19-3)12-10-17(24)20-4/h14H,5-13H2,1-4H3,(H,19,23)(H,20,24). The zero-order valence-corrected chi connectivity index (χ0v) is 16.0. The molecule has 0 aromatic rings. The number of carbonyl (C=O) groups excluding carboxylic acids is 4. The quantitative estimate of drug-likeness (QED) is 0.486. The summed E-state index contributed by atoms with van der Waals surface area (Å²) in [7, 11) is 3.10. The first-order chi connectivity index (χ1) is 11.8. The Labute approximate surface area is 150 Å². The van der Waals surface area contributed by atoms with Crippen molar-refractivity contribution in [1.29, 1.82) is 0 Å². The molecule has 0 rings (SSSR count). The molecule has 144 valence electrons. The van der Waals surface area contributed by atoms with Crippen molar-refractivity contribution >= 4 is 23.5 Å². The van der Waals surface area contributed by atoms with Gasteiger partial charge < -0.3 is 15.5 Å². The van der Waals surface area contributed by atoms with Gasteiger partial charge in [-0.05, 0) is 18.8 Å². The Kier molecular flexibility index (Phi) is 12.4. The van der Waals surface area contributed by atoms with Crippen LogP contribution in [0.5, 0.6) is 0 Å². The number of Topliss-reactive ketones (excluding diaryl/α,β-unsaturated/α-hetero) is 1. The van der Waals surface area contributed by atoms with E-state index in [4.69, 9.17) is 0 Å². The van der Waals surface area contributed by atoms with Crippen LogP contribution in [-0.2, 0) is 19.2 Å². The lowest BCUT2D eigenvalue weighted by molar-refractivity contribution is -0.133. The van der Waals surface area contributed by atoms with Gasteiger partial charge in [-0.15, -0.1) is 0 Å². The second-order valence-electron chi connectivity index (χ2n) is 6.57. The molecule has 0 aromatic heterocycles. The maximum Gasteiger partial charge on any atom is 0.222 e. The zero-order chi connectivity index (χ0) is 19.2. The molecule has 0 fully saturated rings. The minimum atomic E-state index is -0.142. The van der Waals surface area contributed by atoms with Gasteiger partial charge in [0.25, 0.3) is 0 Å². The molecule has 25 heavy (non-hydrogen) atoms. The van der Waals surface area contributed by atoms with Crippen LogP contribution in [0.15, 0.2) is 0 Å². The first-order valence-electron chi connectivity index (χ1n) is 9.00. The van der Waals surface area contributed by atoms with Crippen LogP contribution < -0.4 is 10.6 Å². The molecule has 0 aliphatic heterocycles. The van der Waals surface area contributed by atoms with E-state index in [0.717, 1.165) is 0 Å². The van der Waals surface area contributed by atoms with Crippen LogP contribution in [0.3, 0.4) is 0 Å². The van der Waals surface area contributed by atoms with Gasteiger partial charge in [-0.2, -0.15) is 0 Å². The molecule has 0 atom stereocenters. The van der Waals surface area contributed by atoms with Gasteiger partial charge in [0.05, 0.1) is 0 Å². The molecular weight excluding hydrogens is 322 g/mol. The van der Waals surface area contributed by atoms with Crippen molar-refractivity contribution in [1.82, 2.24) is 15.5 Å². The summed E-state index contributed by atoms with van der Waals surface area (Å²) >= 11 is 0. The van der Waals surface area contributed by atoms with E-state index in [1.807, 2.05) is 13.8 Å². The van der Waals surface area contributed by atoms with Crippen molar-refractivity contribution < 1.29 is 19.2 Å². The van der Waals surface area contributed by atoms with E-state index >= 15 is 0 Å². The summed E-state index contributed by atoms with van der Waals surface area (Å²) in [5.74, 6) is 0.232. The zero-order valence-electron chi connectivity index (χ0n) is 16.0. The normalized spacial score (nSPS) is 10.4. The van der Waals surface area contributed by atoms with Crippen LogP contribution in [-0.4, -0.2) is 55.6 Å². The highest BCUT2D eigenvalue weighted by Crippen LogP contribution is 2.09. The fourth-order valence-electron chi connectivity index (χ4n) is 2.40. The minimum absolute atomic E-state index is 0.0795. The van der Waals surface area contributed by atoms with Gasteiger partial charge in [0, 0.05) is 59.3 Å². The van der Waals surface area contributed by atoms with Gasteiger partial charge in [0.1, 0.15) is 5.78 Å². The largest absolute Gasteiger partial charge is 0.359 e. The predicted molar refractivity (Wildman–Crippen MR) is 96.9 cm³/mol. The van der Waals surface area contributed by atoms with E-state index in [2.05, 4.69) is 10.6 Å². The average Bonchev–Trinajstić information content (AvgIpc) is 2.57. The highest BCUT2D eigenvalue weighted by atomic mass is 16.2. The van der Waals surface area contributed by atoms with E-state index in [1.165, 1.54) is 0 Å². The highest BCUT2D eigenvalue weighted by molar-refractivity contribution is 5.80. The van der Waals surface area contributed by atoms with Gasteiger partial charge >= 0.3 is 0 Å². The van der Waals surface area contributed by atoms with Gasteiger partial charge in [-0.3, -0.25) is 19.2 Å². The number of nitrogens with one attached hydrogen (secondary N) is 2. The molecule has 0 saturated carbocycles. The Morgan fingerprint density at radius 1 is 0.800 bits per heavy atom. The highest BCUT2D eigenvalue weighted by Gasteiger charge is 2.16. The van der Waals surface area contributed by atoms with Crippen LogP contribution in [0.1, 0.15) is 58.8 Å².